The van der Waals surface area contributed by atoms with Gasteiger partial charge < -0.3 is 5.11 Å². The number of nitrogens with zero attached hydrogens (tertiary/aromatic N) is 2. The number of amides is 1. The van der Waals surface area contributed by atoms with Crippen LogP contribution in [-0.2, 0) is 0 Å². The smallest absolute Gasteiger partial charge is 0.362 e. The number of alkyl halides is 3. The molecule has 0 fully saturated rings. The van der Waals surface area contributed by atoms with Crippen LogP contribution in [0.3, 0.4) is 0 Å². The highest BCUT2D eigenvalue weighted by atomic mass is 19.4. The minimum absolute atomic E-state index is 0.0134. The number of carbonyl (C=O) groups excluding carboxylic acids is 1. The van der Waals surface area contributed by atoms with Crippen LogP contribution in [0, 0.1) is 5.82 Å². The van der Waals surface area contributed by atoms with E-state index in [1.165, 1.54) is 12.1 Å². The van der Waals surface area contributed by atoms with Crippen LogP contribution in [0.4, 0.5) is 17.6 Å². The zero-order valence-electron chi connectivity index (χ0n) is 11.0. The molecule has 0 aromatic heterocycles. The third kappa shape index (κ3) is 2.51. The summed E-state index contributed by atoms with van der Waals surface area (Å²) in [5.74, 6) is -2.32. The number of hydrazone groups is 1. The summed E-state index contributed by atoms with van der Waals surface area (Å²) in [4.78, 5) is 12.1. The van der Waals surface area contributed by atoms with E-state index >= 15 is 0 Å². The first-order chi connectivity index (χ1) is 9.70. The minimum Gasteiger partial charge on any atom is -0.362 e. The highest BCUT2D eigenvalue weighted by molar-refractivity contribution is 5.98. The van der Waals surface area contributed by atoms with Gasteiger partial charge in [-0.05, 0) is 18.6 Å². The first-order valence-corrected chi connectivity index (χ1v) is 6.15. The molecule has 2 rings (SSSR count). The van der Waals surface area contributed by atoms with Crippen molar-refractivity contribution in [3.63, 3.8) is 0 Å². The van der Waals surface area contributed by atoms with Crippen molar-refractivity contribution < 1.29 is 27.5 Å². The summed E-state index contributed by atoms with van der Waals surface area (Å²) < 4.78 is 52.8. The van der Waals surface area contributed by atoms with Gasteiger partial charge in [-0.3, -0.25) is 4.79 Å². The van der Waals surface area contributed by atoms with Crippen molar-refractivity contribution >= 4 is 11.6 Å². The average Bonchev–Trinajstić information content (AvgIpc) is 2.77. The SMILES string of the molecule is CCC1=NN(C(=O)c2ccccc2F)[C@](O)(C(F)(F)F)C1. The molecule has 8 heteroatoms. The van der Waals surface area contributed by atoms with Gasteiger partial charge in [-0.2, -0.15) is 23.3 Å². The summed E-state index contributed by atoms with van der Waals surface area (Å²) in [6, 6.07) is 4.59. The lowest BCUT2D eigenvalue weighted by molar-refractivity contribution is -0.297. The molecule has 1 atom stereocenters. The van der Waals surface area contributed by atoms with Gasteiger partial charge in [0, 0.05) is 12.1 Å². The van der Waals surface area contributed by atoms with Gasteiger partial charge in [0.15, 0.2) is 0 Å². The number of rotatable bonds is 2. The highest BCUT2D eigenvalue weighted by Crippen LogP contribution is 2.41. The molecule has 1 aromatic carbocycles. The molecule has 114 valence electrons. The van der Waals surface area contributed by atoms with Crippen LogP contribution < -0.4 is 0 Å². The van der Waals surface area contributed by atoms with Crippen LogP contribution in [0.25, 0.3) is 0 Å². The molecule has 0 aliphatic carbocycles. The van der Waals surface area contributed by atoms with Gasteiger partial charge in [-0.15, -0.1) is 0 Å². The van der Waals surface area contributed by atoms with E-state index in [9.17, 15) is 27.5 Å². The van der Waals surface area contributed by atoms with E-state index in [0.29, 0.717) is 0 Å². The number of hydrogen-bond donors (Lipinski definition) is 1. The summed E-state index contributed by atoms with van der Waals surface area (Å²) in [5.41, 5.74) is -4.02. The molecule has 0 unspecified atom stereocenters. The molecule has 4 nitrogen and oxygen atoms in total. The summed E-state index contributed by atoms with van der Waals surface area (Å²) in [6.07, 6.45) is -5.80. The van der Waals surface area contributed by atoms with Crippen LogP contribution >= 0.6 is 0 Å². The van der Waals surface area contributed by atoms with Crippen molar-refractivity contribution in [1.82, 2.24) is 5.01 Å². The first-order valence-electron chi connectivity index (χ1n) is 6.15. The summed E-state index contributed by atoms with van der Waals surface area (Å²) in [6.45, 7) is 1.55. The Morgan fingerprint density at radius 3 is 2.57 bits per heavy atom. The maximum absolute atomic E-state index is 13.6. The van der Waals surface area contributed by atoms with Crippen LogP contribution in [0.2, 0.25) is 0 Å². The normalized spacial score (nSPS) is 22.4. The third-order valence-electron chi connectivity index (χ3n) is 3.20. The number of halogens is 4. The largest absolute Gasteiger partial charge is 0.438 e. The Kier molecular flexibility index (Phi) is 3.75. The molecular weight excluding hydrogens is 292 g/mol. The predicted molar refractivity (Wildman–Crippen MR) is 65.9 cm³/mol. The lowest BCUT2D eigenvalue weighted by atomic mass is 10.0. The van der Waals surface area contributed by atoms with Crippen LogP contribution in [0.15, 0.2) is 29.4 Å². The molecule has 21 heavy (non-hydrogen) atoms. The van der Waals surface area contributed by atoms with Gasteiger partial charge in [-0.1, -0.05) is 19.1 Å². The molecule has 0 bridgehead atoms. The number of benzene rings is 1. The van der Waals surface area contributed by atoms with Gasteiger partial charge in [-0.25, -0.2) is 4.39 Å². The number of carbonyl (C=O) groups is 1. The standard InChI is InChI=1S/C13H12F4N2O2/c1-2-8-7-12(21,13(15,16)17)19(18-8)11(20)9-5-3-4-6-10(9)14/h3-6,21H,2,7H2,1H3/t12-/m1/s1. The Hall–Kier alpha value is -1.96. The Labute approximate surface area is 117 Å². The van der Waals surface area contributed by atoms with Gasteiger partial charge in [0.2, 0.25) is 0 Å². The molecule has 0 saturated carbocycles. The van der Waals surface area contributed by atoms with E-state index in [1.54, 1.807) is 6.92 Å². The van der Waals surface area contributed by atoms with E-state index in [4.69, 9.17) is 0 Å². The van der Waals surface area contributed by atoms with E-state index in [1.807, 2.05) is 0 Å². The second-order valence-electron chi connectivity index (χ2n) is 4.61. The summed E-state index contributed by atoms with van der Waals surface area (Å²) >= 11 is 0. The van der Waals surface area contributed by atoms with Crippen molar-refractivity contribution in [2.24, 2.45) is 5.10 Å². The Morgan fingerprint density at radius 1 is 1.43 bits per heavy atom. The van der Waals surface area contributed by atoms with E-state index in [0.717, 1.165) is 12.1 Å². The van der Waals surface area contributed by atoms with Crippen LogP contribution in [0.5, 0.6) is 0 Å². The van der Waals surface area contributed by atoms with E-state index in [-0.39, 0.29) is 17.1 Å². The molecular formula is C13H12F4N2O2. The maximum Gasteiger partial charge on any atom is 0.438 e. The van der Waals surface area contributed by atoms with E-state index in [2.05, 4.69) is 5.10 Å². The molecule has 1 aliphatic heterocycles. The fraction of sp³-hybridized carbons (Fsp3) is 0.385. The van der Waals surface area contributed by atoms with Crippen molar-refractivity contribution in [2.75, 3.05) is 0 Å². The van der Waals surface area contributed by atoms with Crippen molar-refractivity contribution in [3.8, 4) is 0 Å². The molecule has 1 N–H and O–H groups in total. The van der Waals surface area contributed by atoms with Crippen molar-refractivity contribution in [2.45, 2.75) is 31.7 Å². The maximum atomic E-state index is 13.6. The lowest BCUT2D eigenvalue weighted by Crippen LogP contribution is -2.56. The minimum atomic E-state index is -5.10. The average molecular weight is 304 g/mol. The molecule has 1 aromatic rings. The quantitative estimate of drug-likeness (QED) is 0.854. The molecule has 1 heterocycles. The molecule has 1 aliphatic rings. The molecule has 0 saturated heterocycles. The zero-order chi connectivity index (χ0) is 15.8. The summed E-state index contributed by atoms with van der Waals surface area (Å²) in [5, 5.41) is 13.3. The van der Waals surface area contributed by atoms with Crippen molar-refractivity contribution in [3.05, 3.63) is 35.6 Å². The number of hydrogen-bond acceptors (Lipinski definition) is 3. The van der Waals surface area contributed by atoms with Crippen LogP contribution in [-0.4, -0.2) is 33.6 Å². The second kappa shape index (κ2) is 5.10. The second-order valence-corrected chi connectivity index (χ2v) is 4.61. The molecule has 0 spiro atoms. The Bertz CT molecular complexity index is 600. The van der Waals surface area contributed by atoms with Gasteiger partial charge in [0.25, 0.3) is 11.6 Å². The van der Waals surface area contributed by atoms with Gasteiger partial charge in [0.1, 0.15) is 5.82 Å². The Balaban J connectivity index is 2.46. The van der Waals surface area contributed by atoms with Gasteiger partial charge >= 0.3 is 6.18 Å². The van der Waals surface area contributed by atoms with Crippen LogP contribution in [0.1, 0.15) is 30.1 Å². The van der Waals surface area contributed by atoms with Gasteiger partial charge in [0.05, 0.1) is 5.56 Å². The molecule has 1 amide bonds. The Morgan fingerprint density at radius 2 is 2.05 bits per heavy atom. The molecule has 0 radical (unpaired) electrons. The predicted octanol–water partition coefficient (Wildman–Crippen LogP) is 2.69. The van der Waals surface area contributed by atoms with Crippen molar-refractivity contribution in [1.29, 1.82) is 0 Å². The first kappa shape index (κ1) is 15.4. The third-order valence-corrected chi connectivity index (χ3v) is 3.20. The zero-order valence-corrected chi connectivity index (χ0v) is 11.0. The highest BCUT2D eigenvalue weighted by Gasteiger charge is 2.63. The number of aliphatic hydroxyl groups is 1. The topological polar surface area (TPSA) is 52.9 Å². The van der Waals surface area contributed by atoms with E-state index < -0.39 is 35.6 Å². The monoisotopic (exact) mass is 304 g/mol. The fourth-order valence-corrected chi connectivity index (χ4v) is 2.00. The fourth-order valence-electron chi connectivity index (χ4n) is 2.00. The summed E-state index contributed by atoms with van der Waals surface area (Å²) in [7, 11) is 0. The lowest BCUT2D eigenvalue weighted by Gasteiger charge is -2.32.